The minimum atomic E-state index is -1.05. The molecule has 6 rings (SSSR count). The van der Waals surface area contributed by atoms with Crippen LogP contribution in [-0.2, 0) is 16.0 Å². The van der Waals surface area contributed by atoms with Gasteiger partial charge in [-0.3, -0.25) is 9.59 Å². The van der Waals surface area contributed by atoms with Gasteiger partial charge in [0.05, 0.1) is 32.8 Å². The lowest BCUT2D eigenvalue weighted by Crippen LogP contribution is -2.56. The SMILES string of the molecule is COc1ccc(OC)c(CCN(C(=O)CC2CC3CCC2C3)[C@@H]2C=C(C(=O)NCCO)[C@@H]3c4ccccc4O[C@@H]3[C@H]2O)c1. The summed E-state index contributed by atoms with van der Waals surface area (Å²) in [5.74, 6) is 2.80. The topological polar surface area (TPSA) is 118 Å². The molecule has 230 valence electrons. The van der Waals surface area contributed by atoms with E-state index in [1.165, 1.54) is 19.3 Å². The maximum absolute atomic E-state index is 14.2. The molecule has 0 saturated heterocycles. The normalized spacial score (nSPS) is 28.4. The van der Waals surface area contributed by atoms with Crippen molar-refractivity contribution in [3.8, 4) is 17.2 Å². The molecular weight excluding hydrogens is 548 g/mol. The molecule has 4 aliphatic rings. The number of nitrogens with zero attached hydrogens (tertiary/aromatic N) is 1. The number of amides is 2. The molecule has 0 spiro atoms. The van der Waals surface area contributed by atoms with Crippen molar-refractivity contribution in [3.05, 3.63) is 65.2 Å². The number of ether oxygens (including phenoxy) is 3. The van der Waals surface area contributed by atoms with Crippen molar-refractivity contribution in [1.82, 2.24) is 10.2 Å². The third-order valence-electron chi connectivity index (χ3n) is 9.99. The van der Waals surface area contributed by atoms with E-state index in [2.05, 4.69) is 5.32 Å². The van der Waals surface area contributed by atoms with E-state index in [9.17, 15) is 19.8 Å². The van der Waals surface area contributed by atoms with Crippen molar-refractivity contribution < 1.29 is 34.0 Å². The van der Waals surface area contributed by atoms with Gasteiger partial charge in [0.25, 0.3) is 0 Å². The average Bonchev–Trinajstić information content (AvgIpc) is 3.76. The van der Waals surface area contributed by atoms with Crippen molar-refractivity contribution >= 4 is 11.8 Å². The maximum Gasteiger partial charge on any atom is 0.247 e. The average molecular weight is 591 g/mol. The Kier molecular flexibility index (Phi) is 8.63. The molecule has 9 nitrogen and oxygen atoms in total. The van der Waals surface area contributed by atoms with Crippen molar-refractivity contribution in [3.63, 3.8) is 0 Å². The Morgan fingerprint density at radius 3 is 2.65 bits per heavy atom. The lowest BCUT2D eigenvalue weighted by atomic mass is 9.77. The number of carbonyl (C=O) groups excluding carboxylic acids is 2. The number of rotatable bonds is 11. The number of carbonyl (C=O) groups is 2. The first kappa shape index (κ1) is 29.5. The molecule has 2 aromatic carbocycles. The molecule has 2 amide bonds. The molecule has 1 heterocycles. The molecule has 2 fully saturated rings. The molecule has 0 aromatic heterocycles. The quantitative estimate of drug-likeness (QED) is 0.368. The third kappa shape index (κ3) is 5.72. The Morgan fingerprint density at radius 1 is 1.09 bits per heavy atom. The molecule has 2 bridgehead atoms. The van der Waals surface area contributed by atoms with E-state index in [0.717, 1.165) is 17.5 Å². The van der Waals surface area contributed by atoms with Crippen LogP contribution in [0.4, 0.5) is 0 Å². The number of para-hydroxylation sites is 1. The van der Waals surface area contributed by atoms with Gasteiger partial charge in [-0.15, -0.1) is 0 Å². The molecular formula is C34H42N2O7. The molecule has 0 radical (unpaired) electrons. The van der Waals surface area contributed by atoms with Crippen LogP contribution in [0.5, 0.6) is 17.2 Å². The van der Waals surface area contributed by atoms with E-state index in [1.54, 1.807) is 25.2 Å². The highest BCUT2D eigenvalue weighted by Gasteiger charge is 2.51. The van der Waals surface area contributed by atoms with Crippen molar-refractivity contribution in [2.75, 3.05) is 33.9 Å². The molecule has 2 aromatic rings. The zero-order chi connectivity index (χ0) is 30.1. The van der Waals surface area contributed by atoms with Crippen LogP contribution in [-0.4, -0.2) is 79.1 Å². The second-order valence-corrected chi connectivity index (χ2v) is 12.3. The zero-order valence-electron chi connectivity index (χ0n) is 24.9. The molecule has 9 heteroatoms. The van der Waals surface area contributed by atoms with Gasteiger partial charge in [-0.1, -0.05) is 24.6 Å². The molecule has 2 saturated carbocycles. The number of nitrogens with one attached hydrogen (secondary N) is 1. The Hall–Kier alpha value is -3.56. The fourth-order valence-corrected chi connectivity index (χ4v) is 7.92. The number of hydrogen-bond acceptors (Lipinski definition) is 7. The van der Waals surface area contributed by atoms with Gasteiger partial charge in [0, 0.05) is 30.6 Å². The first-order valence-corrected chi connectivity index (χ1v) is 15.5. The third-order valence-corrected chi connectivity index (χ3v) is 9.99. The van der Waals surface area contributed by atoms with E-state index >= 15 is 0 Å². The number of aliphatic hydroxyl groups is 2. The Morgan fingerprint density at radius 2 is 1.93 bits per heavy atom. The first-order chi connectivity index (χ1) is 20.9. The summed E-state index contributed by atoms with van der Waals surface area (Å²) in [6.07, 6.45) is 5.59. The predicted octanol–water partition coefficient (Wildman–Crippen LogP) is 3.22. The van der Waals surface area contributed by atoms with E-state index in [1.807, 2.05) is 42.5 Å². The summed E-state index contributed by atoms with van der Waals surface area (Å²) in [5.41, 5.74) is 2.16. The lowest BCUT2D eigenvalue weighted by molar-refractivity contribution is -0.138. The molecule has 1 aliphatic heterocycles. The van der Waals surface area contributed by atoms with Crippen LogP contribution in [0, 0.1) is 17.8 Å². The van der Waals surface area contributed by atoms with Crippen LogP contribution in [0.15, 0.2) is 54.1 Å². The van der Waals surface area contributed by atoms with Crippen LogP contribution in [0.1, 0.15) is 49.1 Å². The minimum Gasteiger partial charge on any atom is -0.497 e. The van der Waals surface area contributed by atoms with Crippen molar-refractivity contribution in [2.24, 2.45) is 17.8 Å². The minimum absolute atomic E-state index is 0.0243. The Balaban J connectivity index is 1.34. The van der Waals surface area contributed by atoms with Crippen LogP contribution in [0.25, 0.3) is 0 Å². The number of fused-ring (bicyclic) bond motifs is 5. The fraction of sp³-hybridized carbons (Fsp3) is 0.529. The summed E-state index contributed by atoms with van der Waals surface area (Å²) < 4.78 is 17.3. The summed E-state index contributed by atoms with van der Waals surface area (Å²) in [6, 6.07) is 12.3. The number of hydrogen-bond donors (Lipinski definition) is 3. The van der Waals surface area contributed by atoms with Gasteiger partial charge in [-0.05, 0) is 79.3 Å². The predicted molar refractivity (Wildman–Crippen MR) is 160 cm³/mol. The molecule has 3 unspecified atom stereocenters. The smallest absolute Gasteiger partial charge is 0.247 e. The van der Waals surface area contributed by atoms with E-state index < -0.39 is 24.2 Å². The summed E-state index contributed by atoms with van der Waals surface area (Å²) in [4.78, 5) is 29.5. The summed E-state index contributed by atoms with van der Waals surface area (Å²) >= 11 is 0. The lowest BCUT2D eigenvalue weighted by Gasteiger charge is -2.41. The molecule has 7 atom stereocenters. The Bertz CT molecular complexity index is 1380. The summed E-state index contributed by atoms with van der Waals surface area (Å²) in [5, 5.41) is 24.0. The molecule has 3 N–H and O–H groups in total. The van der Waals surface area contributed by atoms with Crippen LogP contribution >= 0.6 is 0 Å². The Labute approximate surface area is 252 Å². The highest BCUT2D eigenvalue weighted by atomic mass is 16.5. The second-order valence-electron chi connectivity index (χ2n) is 12.3. The first-order valence-electron chi connectivity index (χ1n) is 15.5. The highest BCUT2D eigenvalue weighted by Crippen LogP contribution is 2.50. The summed E-state index contributed by atoms with van der Waals surface area (Å²) in [6.45, 7) is 0.228. The van der Waals surface area contributed by atoms with Gasteiger partial charge in [0.15, 0.2) is 0 Å². The van der Waals surface area contributed by atoms with Crippen LogP contribution in [0.3, 0.4) is 0 Å². The van der Waals surface area contributed by atoms with E-state index in [4.69, 9.17) is 14.2 Å². The largest absolute Gasteiger partial charge is 0.497 e. The number of aliphatic hydroxyl groups excluding tert-OH is 2. The summed E-state index contributed by atoms with van der Waals surface area (Å²) in [7, 11) is 3.23. The highest BCUT2D eigenvalue weighted by molar-refractivity contribution is 5.96. The van der Waals surface area contributed by atoms with Gasteiger partial charge in [0.2, 0.25) is 11.8 Å². The van der Waals surface area contributed by atoms with E-state index in [-0.39, 0.29) is 25.0 Å². The standard InChI is InChI=1S/C34H42N2O7/c1-41-24-9-10-28(42-2)22(17-24)11-13-36(30(38)18-23-16-20-7-8-21(23)15-20)27-19-26(34(40)35-12-14-37)31-25-5-3-4-6-29(25)43-33(31)32(27)39/h3-6,9-10,17,19-21,23,27,31-33,37,39H,7-8,11-16,18H2,1-2H3,(H,35,40)/t20?,21?,23?,27-,31+,32+,33+/m1/s1. The number of benzene rings is 2. The van der Waals surface area contributed by atoms with Gasteiger partial charge < -0.3 is 34.6 Å². The van der Waals surface area contributed by atoms with Crippen LogP contribution in [0.2, 0.25) is 0 Å². The van der Waals surface area contributed by atoms with Crippen LogP contribution < -0.4 is 19.5 Å². The maximum atomic E-state index is 14.2. The van der Waals surface area contributed by atoms with E-state index in [0.29, 0.717) is 60.0 Å². The monoisotopic (exact) mass is 590 g/mol. The molecule has 3 aliphatic carbocycles. The fourth-order valence-electron chi connectivity index (χ4n) is 7.92. The van der Waals surface area contributed by atoms with Gasteiger partial charge in [0.1, 0.15) is 29.5 Å². The zero-order valence-corrected chi connectivity index (χ0v) is 24.9. The van der Waals surface area contributed by atoms with Gasteiger partial charge in [-0.25, -0.2) is 0 Å². The van der Waals surface area contributed by atoms with Gasteiger partial charge >= 0.3 is 0 Å². The number of methoxy groups -OCH3 is 2. The van der Waals surface area contributed by atoms with Gasteiger partial charge in [-0.2, -0.15) is 0 Å². The molecule has 43 heavy (non-hydrogen) atoms. The second kappa shape index (κ2) is 12.6. The van der Waals surface area contributed by atoms with Crippen molar-refractivity contribution in [1.29, 1.82) is 0 Å². The van der Waals surface area contributed by atoms with Crippen molar-refractivity contribution in [2.45, 2.75) is 62.7 Å².